The highest BCUT2D eigenvalue weighted by Gasteiger charge is 2.30. The first kappa shape index (κ1) is 19.0. The zero-order valence-electron chi connectivity index (χ0n) is 15.2. The second kappa shape index (κ2) is 8.26. The van der Waals surface area contributed by atoms with Gasteiger partial charge in [-0.15, -0.1) is 0 Å². The van der Waals surface area contributed by atoms with Crippen LogP contribution in [0.25, 0.3) is 0 Å². The highest BCUT2D eigenvalue weighted by Crippen LogP contribution is 2.28. The molecule has 2 fully saturated rings. The topological polar surface area (TPSA) is 79.0 Å². The highest BCUT2D eigenvalue weighted by atomic mass is 32.2. The van der Waals surface area contributed by atoms with E-state index in [0.29, 0.717) is 39.1 Å². The fraction of sp³-hybridized carbons (Fsp3) is 0.611. The zero-order valence-corrected chi connectivity index (χ0v) is 16.0. The lowest BCUT2D eigenvalue weighted by Crippen LogP contribution is -2.49. The Morgan fingerprint density at radius 3 is 2.38 bits per heavy atom. The monoisotopic (exact) mass is 381 g/mol. The van der Waals surface area contributed by atoms with Crippen LogP contribution in [0.15, 0.2) is 24.3 Å². The summed E-state index contributed by atoms with van der Waals surface area (Å²) in [6.45, 7) is 2.75. The maximum absolute atomic E-state index is 12.5. The molecule has 1 aromatic carbocycles. The van der Waals surface area contributed by atoms with Crippen molar-refractivity contribution in [3.63, 3.8) is 0 Å². The van der Waals surface area contributed by atoms with Crippen molar-refractivity contribution in [3.05, 3.63) is 24.3 Å². The number of nitrogens with zero attached hydrogens (tertiary/aromatic N) is 2. The van der Waals surface area contributed by atoms with Gasteiger partial charge in [-0.2, -0.15) is 4.31 Å². The van der Waals surface area contributed by atoms with Gasteiger partial charge in [-0.3, -0.25) is 4.79 Å². The third kappa shape index (κ3) is 4.88. The molecule has 0 radical (unpaired) electrons. The molecule has 1 amide bonds. The van der Waals surface area contributed by atoms with Crippen LogP contribution < -0.4 is 15.0 Å². The number of rotatable bonds is 8. The molecule has 1 saturated heterocycles. The van der Waals surface area contributed by atoms with Gasteiger partial charge in [0.15, 0.2) is 0 Å². The molecule has 0 unspecified atom stereocenters. The minimum absolute atomic E-state index is 0.0653. The molecular formula is C18H27N3O4S. The Morgan fingerprint density at radius 1 is 1.15 bits per heavy atom. The Hall–Kier alpha value is -1.80. The summed E-state index contributed by atoms with van der Waals surface area (Å²) in [5.41, 5.74) is 1.07. The SMILES string of the molecule is COc1ccc(N2CCN(S(=O)(=O)CCCNC(=O)C3CC3)CC2)cc1. The van der Waals surface area contributed by atoms with Crippen molar-refractivity contribution >= 4 is 21.6 Å². The van der Waals surface area contributed by atoms with E-state index >= 15 is 0 Å². The summed E-state index contributed by atoms with van der Waals surface area (Å²) >= 11 is 0. The van der Waals surface area contributed by atoms with Crippen molar-refractivity contribution in [1.82, 2.24) is 9.62 Å². The Kier molecular flexibility index (Phi) is 6.03. The molecule has 1 aromatic rings. The molecular weight excluding hydrogens is 354 g/mol. The second-order valence-electron chi connectivity index (χ2n) is 6.82. The summed E-state index contributed by atoms with van der Waals surface area (Å²) in [7, 11) is -1.63. The summed E-state index contributed by atoms with van der Waals surface area (Å²) in [6, 6.07) is 7.81. The second-order valence-corrected chi connectivity index (χ2v) is 8.91. The average molecular weight is 381 g/mol. The minimum Gasteiger partial charge on any atom is -0.497 e. The molecule has 7 nitrogen and oxygen atoms in total. The average Bonchev–Trinajstić information content (AvgIpc) is 3.51. The molecule has 144 valence electrons. The number of hydrogen-bond acceptors (Lipinski definition) is 5. The van der Waals surface area contributed by atoms with Gasteiger partial charge in [-0.05, 0) is 43.5 Å². The summed E-state index contributed by atoms with van der Waals surface area (Å²) < 4.78 is 31.7. The molecule has 1 saturated carbocycles. The third-order valence-corrected chi connectivity index (χ3v) is 6.85. The molecule has 1 heterocycles. The number of carbonyl (C=O) groups is 1. The Labute approximate surface area is 155 Å². The lowest BCUT2D eigenvalue weighted by Gasteiger charge is -2.35. The lowest BCUT2D eigenvalue weighted by atomic mass is 10.2. The molecule has 8 heteroatoms. The van der Waals surface area contributed by atoms with Crippen LogP contribution in [0, 0.1) is 5.92 Å². The first-order chi connectivity index (χ1) is 12.5. The van der Waals surface area contributed by atoms with Gasteiger partial charge in [0.1, 0.15) is 5.75 Å². The smallest absolute Gasteiger partial charge is 0.223 e. The molecule has 0 atom stereocenters. The van der Waals surface area contributed by atoms with Gasteiger partial charge in [0.05, 0.1) is 12.9 Å². The number of ether oxygens (including phenoxy) is 1. The largest absolute Gasteiger partial charge is 0.497 e. The molecule has 3 rings (SSSR count). The predicted molar refractivity (Wildman–Crippen MR) is 101 cm³/mol. The fourth-order valence-electron chi connectivity index (χ4n) is 3.10. The maximum atomic E-state index is 12.5. The van der Waals surface area contributed by atoms with Gasteiger partial charge in [0.2, 0.25) is 15.9 Å². The van der Waals surface area contributed by atoms with Crippen molar-refractivity contribution in [2.24, 2.45) is 5.92 Å². The predicted octanol–water partition coefficient (Wildman–Crippen LogP) is 1.06. The Balaban J connectivity index is 1.42. The highest BCUT2D eigenvalue weighted by molar-refractivity contribution is 7.89. The van der Waals surface area contributed by atoms with Crippen molar-refractivity contribution in [2.75, 3.05) is 50.5 Å². The number of benzene rings is 1. The van der Waals surface area contributed by atoms with Gasteiger partial charge in [-0.25, -0.2) is 8.42 Å². The van der Waals surface area contributed by atoms with E-state index in [1.54, 1.807) is 11.4 Å². The van der Waals surface area contributed by atoms with Crippen LogP contribution in [0.1, 0.15) is 19.3 Å². The Bertz CT molecular complexity index is 708. The first-order valence-corrected chi connectivity index (χ1v) is 10.7. The number of nitrogens with one attached hydrogen (secondary N) is 1. The lowest BCUT2D eigenvalue weighted by molar-refractivity contribution is -0.122. The summed E-state index contributed by atoms with van der Waals surface area (Å²) in [4.78, 5) is 13.7. The van der Waals surface area contributed by atoms with E-state index in [9.17, 15) is 13.2 Å². The van der Waals surface area contributed by atoms with E-state index in [2.05, 4.69) is 10.2 Å². The van der Waals surface area contributed by atoms with Gasteiger partial charge in [0, 0.05) is 44.3 Å². The van der Waals surface area contributed by atoms with Gasteiger partial charge in [-0.1, -0.05) is 0 Å². The van der Waals surface area contributed by atoms with Crippen LogP contribution in [0.4, 0.5) is 5.69 Å². The normalized spacial score (nSPS) is 18.6. The van der Waals surface area contributed by atoms with E-state index in [0.717, 1.165) is 24.3 Å². The summed E-state index contributed by atoms with van der Waals surface area (Å²) in [6.07, 6.45) is 2.38. The van der Waals surface area contributed by atoms with E-state index in [-0.39, 0.29) is 17.6 Å². The van der Waals surface area contributed by atoms with E-state index in [1.165, 1.54) is 0 Å². The molecule has 0 spiro atoms. The van der Waals surface area contributed by atoms with Gasteiger partial charge in [0.25, 0.3) is 0 Å². The number of sulfonamides is 1. The minimum atomic E-state index is -3.27. The van der Waals surface area contributed by atoms with Crippen LogP contribution in [-0.4, -0.2) is 64.2 Å². The van der Waals surface area contributed by atoms with E-state index in [4.69, 9.17) is 4.74 Å². The summed E-state index contributed by atoms with van der Waals surface area (Å²) in [5, 5.41) is 2.82. The van der Waals surface area contributed by atoms with Crippen molar-refractivity contribution in [3.8, 4) is 5.75 Å². The van der Waals surface area contributed by atoms with Crippen LogP contribution in [0.5, 0.6) is 5.75 Å². The van der Waals surface area contributed by atoms with E-state index in [1.807, 2.05) is 24.3 Å². The number of piperazine rings is 1. The van der Waals surface area contributed by atoms with Crippen molar-refractivity contribution in [2.45, 2.75) is 19.3 Å². The van der Waals surface area contributed by atoms with Gasteiger partial charge < -0.3 is 15.0 Å². The van der Waals surface area contributed by atoms with Crippen molar-refractivity contribution < 1.29 is 17.9 Å². The van der Waals surface area contributed by atoms with E-state index < -0.39 is 10.0 Å². The van der Waals surface area contributed by atoms with Crippen LogP contribution in [0.3, 0.4) is 0 Å². The van der Waals surface area contributed by atoms with Crippen LogP contribution >= 0.6 is 0 Å². The molecule has 0 aromatic heterocycles. The number of anilines is 1. The molecule has 2 aliphatic rings. The molecule has 1 N–H and O–H groups in total. The molecule has 1 aliphatic carbocycles. The molecule has 0 bridgehead atoms. The third-order valence-electron chi connectivity index (χ3n) is 4.90. The number of methoxy groups -OCH3 is 1. The van der Waals surface area contributed by atoms with Crippen LogP contribution in [-0.2, 0) is 14.8 Å². The van der Waals surface area contributed by atoms with Gasteiger partial charge >= 0.3 is 0 Å². The Morgan fingerprint density at radius 2 is 1.81 bits per heavy atom. The van der Waals surface area contributed by atoms with Crippen molar-refractivity contribution in [1.29, 1.82) is 0 Å². The number of carbonyl (C=O) groups excluding carboxylic acids is 1. The van der Waals surface area contributed by atoms with Crippen LogP contribution in [0.2, 0.25) is 0 Å². The molecule has 1 aliphatic heterocycles. The quantitative estimate of drug-likeness (QED) is 0.682. The summed E-state index contributed by atoms with van der Waals surface area (Å²) in [5.74, 6) is 1.12. The first-order valence-electron chi connectivity index (χ1n) is 9.14. The number of amides is 1. The number of hydrogen-bond donors (Lipinski definition) is 1. The maximum Gasteiger partial charge on any atom is 0.223 e. The zero-order chi connectivity index (χ0) is 18.6. The molecule has 26 heavy (non-hydrogen) atoms. The standard InChI is InChI=1S/C18H27N3O4S/c1-25-17-7-5-16(6-8-17)20-10-12-21(13-11-20)26(23,24)14-2-9-19-18(22)15-3-4-15/h5-8,15H,2-4,9-14H2,1H3,(H,19,22). The fourth-order valence-corrected chi connectivity index (χ4v) is 4.59.